The predicted molar refractivity (Wildman–Crippen MR) is 146 cm³/mol. The van der Waals surface area contributed by atoms with E-state index in [-0.39, 0.29) is 12.1 Å². The van der Waals surface area contributed by atoms with Crippen molar-refractivity contribution in [3.63, 3.8) is 0 Å². The van der Waals surface area contributed by atoms with E-state index in [1.807, 2.05) is 48.7 Å². The summed E-state index contributed by atoms with van der Waals surface area (Å²) >= 11 is 0. The molecule has 1 fully saturated rings. The molecule has 0 bridgehead atoms. The van der Waals surface area contributed by atoms with Crippen molar-refractivity contribution < 1.29 is 0 Å². The molecule has 0 aliphatic carbocycles. The summed E-state index contributed by atoms with van der Waals surface area (Å²) in [4.78, 5) is 34.3. The van der Waals surface area contributed by atoms with Crippen molar-refractivity contribution in [3.05, 3.63) is 74.7 Å². The molecular formula is C27H33N7O2. The monoisotopic (exact) mass is 487 g/mol. The second-order valence-corrected chi connectivity index (χ2v) is 9.63. The van der Waals surface area contributed by atoms with Crippen molar-refractivity contribution >= 4 is 33.3 Å². The van der Waals surface area contributed by atoms with Crippen molar-refractivity contribution in [3.8, 4) is 0 Å². The Labute approximate surface area is 209 Å². The second-order valence-electron chi connectivity index (χ2n) is 9.63. The van der Waals surface area contributed by atoms with Crippen molar-refractivity contribution in [2.24, 2.45) is 7.05 Å². The van der Waals surface area contributed by atoms with E-state index in [0.29, 0.717) is 29.0 Å². The first-order valence-corrected chi connectivity index (χ1v) is 12.4. The molecule has 1 aliphatic rings. The average Bonchev–Trinajstić information content (AvgIpc) is 3.01. The van der Waals surface area contributed by atoms with Crippen molar-refractivity contribution in [2.75, 3.05) is 36.8 Å². The van der Waals surface area contributed by atoms with E-state index in [4.69, 9.17) is 5.73 Å². The molecule has 0 spiro atoms. The lowest BCUT2D eigenvalue weighted by atomic mass is 10.1. The van der Waals surface area contributed by atoms with Crippen molar-refractivity contribution in [1.82, 2.24) is 24.0 Å². The maximum absolute atomic E-state index is 14.0. The summed E-state index contributed by atoms with van der Waals surface area (Å²) in [6.45, 7) is 8.01. The summed E-state index contributed by atoms with van der Waals surface area (Å²) in [6.07, 6.45) is 4.77. The molecule has 0 unspecified atom stereocenters. The number of nitrogens with two attached hydrogens (primary N) is 1. The van der Waals surface area contributed by atoms with Gasteiger partial charge in [0.1, 0.15) is 16.9 Å². The molecule has 9 nitrogen and oxygen atoms in total. The summed E-state index contributed by atoms with van der Waals surface area (Å²) < 4.78 is 4.77. The fourth-order valence-corrected chi connectivity index (χ4v) is 5.11. The summed E-state index contributed by atoms with van der Waals surface area (Å²) in [7, 11) is 1.69. The van der Waals surface area contributed by atoms with Crippen LogP contribution in [0.3, 0.4) is 0 Å². The van der Waals surface area contributed by atoms with Gasteiger partial charge in [0.2, 0.25) is 0 Å². The normalized spacial score (nSPS) is 14.4. The van der Waals surface area contributed by atoms with Gasteiger partial charge in [-0.3, -0.25) is 18.9 Å². The Hall–Kier alpha value is -3.85. The zero-order valence-corrected chi connectivity index (χ0v) is 21.1. The van der Waals surface area contributed by atoms with Crippen LogP contribution >= 0.6 is 0 Å². The quantitative estimate of drug-likeness (QED) is 0.419. The topological polar surface area (TPSA) is 103 Å². The van der Waals surface area contributed by atoms with Gasteiger partial charge in [0.25, 0.3) is 5.56 Å². The Morgan fingerprint density at radius 2 is 1.89 bits per heavy atom. The standard InChI is InChI=1S/C27H33N7O2/c1-18(2)10-15-33-24-23(22(28)25(33)32-14-6-11-29-13-16-32)31(3)27(36)34(26(24)35)17-21-20-8-5-4-7-19(20)9-12-30-21/h4-5,7-10,12,29H,6,11,13-17,28H2,1-3H3. The van der Waals surface area contributed by atoms with E-state index in [1.165, 1.54) is 9.13 Å². The lowest BCUT2D eigenvalue weighted by molar-refractivity contribution is 0.648. The van der Waals surface area contributed by atoms with Crippen molar-refractivity contribution in [2.45, 2.75) is 33.4 Å². The molecule has 0 atom stereocenters. The molecule has 4 aromatic rings. The molecule has 3 N–H and O–H groups in total. The van der Waals surface area contributed by atoms with Crippen LogP contribution in [-0.4, -0.2) is 44.9 Å². The van der Waals surface area contributed by atoms with Gasteiger partial charge in [0.15, 0.2) is 0 Å². The Kier molecular flexibility index (Phi) is 6.40. The fraction of sp³-hybridized carbons (Fsp3) is 0.370. The number of aromatic nitrogens is 4. The molecule has 9 heteroatoms. The predicted octanol–water partition coefficient (Wildman–Crippen LogP) is 2.45. The molecule has 36 heavy (non-hydrogen) atoms. The minimum Gasteiger partial charge on any atom is -0.394 e. The number of aryl methyl sites for hydroxylation is 1. The summed E-state index contributed by atoms with van der Waals surface area (Å²) in [5.41, 5.74) is 9.19. The molecule has 1 saturated heterocycles. The van der Waals surface area contributed by atoms with E-state index < -0.39 is 5.69 Å². The van der Waals surface area contributed by atoms with Gasteiger partial charge in [0.05, 0.1) is 17.9 Å². The number of hydrogen-bond donors (Lipinski definition) is 2. The van der Waals surface area contributed by atoms with Gasteiger partial charge in [-0.1, -0.05) is 35.9 Å². The molecule has 1 aliphatic heterocycles. The van der Waals surface area contributed by atoms with E-state index >= 15 is 0 Å². The number of nitrogens with zero attached hydrogens (tertiary/aromatic N) is 5. The summed E-state index contributed by atoms with van der Waals surface area (Å²) in [5.74, 6) is 0.805. The number of hydrogen-bond acceptors (Lipinski definition) is 6. The third kappa shape index (κ3) is 4.09. The van der Waals surface area contributed by atoms with Crippen LogP contribution in [0.5, 0.6) is 0 Å². The van der Waals surface area contributed by atoms with Gasteiger partial charge < -0.3 is 20.5 Å². The zero-order chi connectivity index (χ0) is 25.4. The van der Waals surface area contributed by atoms with Crippen LogP contribution < -0.4 is 27.2 Å². The SMILES string of the molecule is CC(C)=CCn1c(N2CCCNCC2)c(N)c2c1c(=O)n(Cc1nccc3ccccc13)c(=O)n2C. The van der Waals surface area contributed by atoms with E-state index in [0.717, 1.165) is 54.8 Å². The van der Waals surface area contributed by atoms with Crippen LogP contribution in [-0.2, 0) is 20.1 Å². The zero-order valence-electron chi connectivity index (χ0n) is 21.1. The first-order chi connectivity index (χ1) is 17.4. The van der Waals surface area contributed by atoms with Gasteiger partial charge in [0, 0.05) is 44.8 Å². The second kappa shape index (κ2) is 9.66. The van der Waals surface area contributed by atoms with Crippen LogP contribution in [0, 0.1) is 0 Å². The number of nitrogen functional groups attached to an aromatic ring is 1. The lowest BCUT2D eigenvalue weighted by Crippen LogP contribution is -2.40. The minimum atomic E-state index is -0.405. The molecule has 0 amide bonds. The first-order valence-electron chi connectivity index (χ1n) is 12.4. The van der Waals surface area contributed by atoms with E-state index in [2.05, 4.69) is 21.3 Å². The van der Waals surface area contributed by atoms with Gasteiger partial charge in [-0.15, -0.1) is 0 Å². The number of nitrogens with one attached hydrogen (secondary N) is 1. The Morgan fingerprint density at radius 3 is 2.69 bits per heavy atom. The van der Waals surface area contributed by atoms with E-state index in [1.54, 1.807) is 13.2 Å². The Balaban J connectivity index is 1.76. The largest absolute Gasteiger partial charge is 0.394 e. The highest BCUT2D eigenvalue weighted by atomic mass is 16.2. The number of allylic oxidation sites excluding steroid dienone is 2. The van der Waals surface area contributed by atoms with Crippen LogP contribution in [0.2, 0.25) is 0 Å². The molecule has 1 aromatic carbocycles. The lowest BCUT2D eigenvalue weighted by Gasteiger charge is -2.24. The number of anilines is 2. The molecule has 3 aromatic heterocycles. The maximum atomic E-state index is 14.0. The highest BCUT2D eigenvalue weighted by Crippen LogP contribution is 2.34. The van der Waals surface area contributed by atoms with Crippen LogP contribution in [0.25, 0.3) is 21.8 Å². The van der Waals surface area contributed by atoms with Crippen LogP contribution in [0.1, 0.15) is 26.0 Å². The minimum absolute atomic E-state index is 0.0828. The molecule has 0 radical (unpaired) electrons. The number of benzene rings is 1. The van der Waals surface area contributed by atoms with Gasteiger partial charge >= 0.3 is 5.69 Å². The average molecular weight is 488 g/mol. The summed E-state index contributed by atoms with van der Waals surface area (Å²) in [5, 5.41) is 5.36. The van der Waals surface area contributed by atoms with Gasteiger partial charge in [-0.25, -0.2) is 4.79 Å². The first kappa shape index (κ1) is 23.9. The van der Waals surface area contributed by atoms with Gasteiger partial charge in [-0.05, 0) is 38.3 Å². The molecular weight excluding hydrogens is 454 g/mol. The Morgan fingerprint density at radius 1 is 1.08 bits per heavy atom. The number of rotatable bonds is 5. The van der Waals surface area contributed by atoms with Crippen molar-refractivity contribution in [1.29, 1.82) is 0 Å². The Bertz CT molecular complexity index is 1570. The van der Waals surface area contributed by atoms with Crippen LogP contribution in [0.4, 0.5) is 11.5 Å². The number of pyridine rings is 1. The molecule has 4 heterocycles. The third-order valence-electron chi connectivity index (χ3n) is 6.93. The molecule has 5 rings (SSSR count). The summed E-state index contributed by atoms with van der Waals surface area (Å²) in [6, 6.07) is 9.79. The van der Waals surface area contributed by atoms with Gasteiger partial charge in [-0.2, -0.15) is 0 Å². The molecule has 188 valence electrons. The van der Waals surface area contributed by atoms with E-state index in [9.17, 15) is 9.59 Å². The highest BCUT2D eigenvalue weighted by molar-refractivity contribution is 5.96. The molecule has 0 saturated carbocycles. The highest BCUT2D eigenvalue weighted by Gasteiger charge is 2.26. The number of fused-ring (bicyclic) bond motifs is 2. The fourth-order valence-electron chi connectivity index (χ4n) is 5.11. The third-order valence-corrected chi connectivity index (χ3v) is 6.93. The smallest absolute Gasteiger partial charge is 0.331 e. The van der Waals surface area contributed by atoms with Crippen LogP contribution in [0.15, 0.2) is 57.8 Å². The maximum Gasteiger partial charge on any atom is 0.331 e.